The van der Waals surface area contributed by atoms with Crippen molar-refractivity contribution >= 4 is 23.2 Å². The number of carbonyl (C=O) groups excluding carboxylic acids is 2. The molecule has 130 valence electrons. The number of likely N-dealkylation sites (tertiary alicyclic amines) is 1. The van der Waals surface area contributed by atoms with Gasteiger partial charge in [-0.3, -0.25) is 14.6 Å². The lowest BCUT2D eigenvalue weighted by Gasteiger charge is -2.54. The fourth-order valence-corrected chi connectivity index (χ4v) is 4.57. The SMILES string of the molecule is O=C(N[C@@H]1CCC12CCN(C(=O)c1cccs1)CC2)c1cnccn1. The van der Waals surface area contributed by atoms with Crippen LogP contribution in [0.4, 0.5) is 0 Å². The Hall–Kier alpha value is -2.28. The fourth-order valence-electron chi connectivity index (χ4n) is 3.88. The van der Waals surface area contributed by atoms with Gasteiger partial charge in [-0.2, -0.15) is 0 Å². The van der Waals surface area contributed by atoms with Crippen molar-refractivity contribution in [3.8, 4) is 0 Å². The van der Waals surface area contributed by atoms with E-state index < -0.39 is 0 Å². The van der Waals surface area contributed by atoms with Crippen LogP contribution in [0.1, 0.15) is 45.8 Å². The number of nitrogens with one attached hydrogen (secondary N) is 1. The smallest absolute Gasteiger partial charge is 0.271 e. The molecule has 1 aliphatic heterocycles. The molecule has 1 N–H and O–H groups in total. The molecule has 0 unspecified atom stereocenters. The molecule has 7 heteroatoms. The van der Waals surface area contributed by atoms with Crippen LogP contribution >= 0.6 is 11.3 Å². The number of hydrogen-bond donors (Lipinski definition) is 1. The van der Waals surface area contributed by atoms with Crippen LogP contribution in [0.3, 0.4) is 0 Å². The second kappa shape index (κ2) is 6.55. The molecule has 6 nitrogen and oxygen atoms in total. The summed E-state index contributed by atoms with van der Waals surface area (Å²) < 4.78 is 0. The highest BCUT2D eigenvalue weighted by molar-refractivity contribution is 7.12. The summed E-state index contributed by atoms with van der Waals surface area (Å²) in [5.74, 6) is -0.0291. The van der Waals surface area contributed by atoms with E-state index in [0.29, 0.717) is 5.69 Å². The first-order valence-corrected chi connectivity index (χ1v) is 9.46. The molecule has 2 fully saturated rings. The summed E-state index contributed by atoms with van der Waals surface area (Å²) >= 11 is 1.49. The highest BCUT2D eigenvalue weighted by Crippen LogP contribution is 2.49. The zero-order valence-corrected chi connectivity index (χ0v) is 14.7. The number of carbonyl (C=O) groups is 2. The Labute approximate surface area is 150 Å². The molecule has 2 aromatic heterocycles. The molecule has 25 heavy (non-hydrogen) atoms. The molecule has 1 saturated carbocycles. The maximum atomic E-state index is 12.5. The highest BCUT2D eigenvalue weighted by atomic mass is 32.1. The molecular weight excluding hydrogens is 336 g/mol. The van der Waals surface area contributed by atoms with Crippen LogP contribution in [0, 0.1) is 5.41 Å². The van der Waals surface area contributed by atoms with Gasteiger partial charge in [-0.1, -0.05) is 6.07 Å². The molecule has 1 saturated heterocycles. The lowest BCUT2D eigenvalue weighted by atomic mass is 9.59. The van der Waals surface area contributed by atoms with Gasteiger partial charge in [0.1, 0.15) is 5.69 Å². The molecule has 4 rings (SSSR count). The Bertz CT molecular complexity index is 755. The third-order valence-corrected chi connectivity index (χ3v) is 6.41. The lowest BCUT2D eigenvalue weighted by Crippen LogP contribution is -2.59. The first kappa shape index (κ1) is 16.2. The van der Waals surface area contributed by atoms with Crippen molar-refractivity contribution in [2.45, 2.75) is 31.7 Å². The van der Waals surface area contributed by atoms with Crippen molar-refractivity contribution in [1.82, 2.24) is 20.2 Å². The summed E-state index contributed by atoms with van der Waals surface area (Å²) in [7, 11) is 0. The van der Waals surface area contributed by atoms with Gasteiger partial charge < -0.3 is 10.2 Å². The minimum absolute atomic E-state index is 0.129. The van der Waals surface area contributed by atoms with Gasteiger partial charge in [0.05, 0.1) is 11.1 Å². The number of amides is 2. The average Bonchev–Trinajstić information content (AvgIpc) is 3.20. The summed E-state index contributed by atoms with van der Waals surface area (Å²) in [5, 5.41) is 5.06. The van der Waals surface area contributed by atoms with E-state index in [4.69, 9.17) is 0 Å². The quantitative estimate of drug-likeness (QED) is 0.916. The Morgan fingerprint density at radius 2 is 2.08 bits per heavy atom. The molecule has 0 radical (unpaired) electrons. The van der Waals surface area contributed by atoms with Crippen LogP contribution in [-0.2, 0) is 0 Å². The number of rotatable bonds is 3. The van der Waals surface area contributed by atoms with E-state index in [1.165, 1.54) is 23.7 Å². The zero-order valence-electron chi connectivity index (χ0n) is 13.9. The molecule has 1 atom stereocenters. The Kier molecular flexibility index (Phi) is 4.25. The van der Waals surface area contributed by atoms with Gasteiger partial charge in [-0.05, 0) is 42.5 Å². The largest absolute Gasteiger partial charge is 0.347 e. The normalized spacial score (nSPS) is 21.6. The van der Waals surface area contributed by atoms with E-state index in [-0.39, 0.29) is 23.3 Å². The van der Waals surface area contributed by atoms with E-state index in [2.05, 4.69) is 15.3 Å². The van der Waals surface area contributed by atoms with Gasteiger partial charge in [0.2, 0.25) is 0 Å². The first-order valence-electron chi connectivity index (χ1n) is 8.58. The number of aromatic nitrogens is 2. The molecule has 1 spiro atoms. The van der Waals surface area contributed by atoms with E-state index in [1.54, 1.807) is 6.20 Å². The van der Waals surface area contributed by atoms with Gasteiger partial charge in [0.15, 0.2) is 0 Å². The van der Waals surface area contributed by atoms with Gasteiger partial charge >= 0.3 is 0 Å². The second-order valence-electron chi connectivity index (χ2n) is 6.79. The molecule has 0 bridgehead atoms. The minimum Gasteiger partial charge on any atom is -0.347 e. The standard InChI is InChI=1S/C18H20N4O2S/c23-16(13-12-19-7-8-20-13)21-15-3-4-18(15)5-9-22(10-6-18)17(24)14-2-1-11-25-14/h1-2,7-8,11-12,15H,3-6,9-10H2,(H,21,23)/t15-/m1/s1. The molecule has 0 aromatic carbocycles. The van der Waals surface area contributed by atoms with Crippen molar-refractivity contribution in [2.75, 3.05) is 13.1 Å². The van der Waals surface area contributed by atoms with Crippen LogP contribution < -0.4 is 5.32 Å². The lowest BCUT2D eigenvalue weighted by molar-refractivity contribution is -0.00225. The molecule has 2 aromatic rings. The summed E-state index contributed by atoms with van der Waals surface area (Å²) in [5.41, 5.74) is 0.485. The van der Waals surface area contributed by atoms with Crippen molar-refractivity contribution < 1.29 is 9.59 Å². The monoisotopic (exact) mass is 356 g/mol. The summed E-state index contributed by atoms with van der Waals surface area (Å²) in [6.07, 6.45) is 8.56. The molecule has 1 aliphatic carbocycles. The fraction of sp³-hybridized carbons (Fsp3) is 0.444. The number of nitrogens with zero attached hydrogens (tertiary/aromatic N) is 3. The Balaban J connectivity index is 1.36. The maximum Gasteiger partial charge on any atom is 0.271 e. The predicted octanol–water partition coefficient (Wildman–Crippen LogP) is 2.35. The van der Waals surface area contributed by atoms with Crippen LogP contribution in [0.2, 0.25) is 0 Å². The Morgan fingerprint density at radius 3 is 2.68 bits per heavy atom. The van der Waals surface area contributed by atoms with Crippen molar-refractivity contribution in [3.05, 3.63) is 46.7 Å². The summed E-state index contributed by atoms with van der Waals surface area (Å²) in [4.78, 5) is 35.6. The van der Waals surface area contributed by atoms with Crippen molar-refractivity contribution in [1.29, 1.82) is 0 Å². The van der Waals surface area contributed by atoms with Crippen LogP contribution in [-0.4, -0.2) is 45.8 Å². The van der Waals surface area contributed by atoms with Gasteiger partial charge in [-0.25, -0.2) is 4.98 Å². The van der Waals surface area contributed by atoms with Crippen LogP contribution in [0.5, 0.6) is 0 Å². The highest BCUT2D eigenvalue weighted by Gasteiger charge is 2.49. The third kappa shape index (κ3) is 3.04. The predicted molar refractivity (Wildman–Crippen MR) is 94.4 cm³/mol. The maximum absolute atomic E-state index is 12.5. The topological polar surface area (TPSA) is 75.2 Å². The Morgan fingerprint density at radius 1 is 1.24 bits per heavy atom. The van der Waals surface area contributed by atoms with Crippen molar-refractivity contribution in [2.24, 2.45) is 5.41 Å². The average molecular weight is 356 g/mol. The van der Waals surface area contributed by atoms with E-state index >= 15 is 0 Å². The second-order valence-corrected chi connectivity index (χ2v) is 7.73. The minimum atomic E-state index is -0.158. The molecule has 3 heterocycles. The molecular formula is C18H20N4O2S. The zero-order chi connectivity index (χ0) is 17.3. The van der Waals surface area contributed by atoms with E-state index in [0.717, 1.165) is 43.6 Å². The number of thiophene rings is 1. The van der Waals surface area contributed by atoms with Gasteiger partial charge in [0, 0.05) is 31.5 Å². The van der Waals surface area contributed by atoms with Gasteiger partial charge in [-0.15, -0.1) is 11.3 Å². The van der Waals surface area contributed by atoms with Crippen LogP contribution in [0.15, 0.2) is 36.1 Å². The number of hydrogen-bond acceptors (Lipinski definition) is 5. The third-order valence-electron chi connectivity index (χ3n) is 5.55. The first-order chi connectivity index (χ1) is 12.2. The van der Waals surface area contributed by atoms with Gasteiger partial charge in [0.25, 0.3) is 11.8 Å². The van der Waals surface area contributed by atoms with E-state index in [9.17, 15) is 9.59 Å². The molecule has 2 aliphatic rings. The molecule has 2 amide bonds. The summed E-state index contributed by atoms with van der Waals surface area (Å²) in [6.45, 7) is 1.52. The van der Waals surface area contributed by atoms with Crippen molar-refractivity contribution in [3.63, 3.8) is 0 Å². The number of piperidine rings is 1. The van der Waals surface area contributed by atoms with Crippen LogP contribution in [0.25, 0.3) is 0 Å². The van der Waals surface area contributed by atoms with E-state index in [1.807, 2.05) is 22.4 Å². The summed E-state index contributed by atoms with van der Waals surface area (Å²) in [6, 6.07) is 3.96.